The predicted octanol–water partition coefficient (Wildman–Crippen LogP) is 0.880. The molecule has 0 aliphatic heterocycles. The molecule has 0 aromatic rings. The number of carbonyl (C=O) groups is 1. The third kappa shape index (κ3) is 11.5. The van der Waals surface area contributed by atoms with E-state index in [1.54, 1.807) is 0 Å². The highest BCUT2D eigenvalue weighted by Crippen LogP contribution is 1.93. The third-order valence-electron chi connectivity index (χ3n) is 2.31. The molecule has 16 heavy (non-hydrogen) atoms. The quantitative estimate of drug-likeness (QED) is 0.487. The van der Waals surface area contributed by atoms with E-state index >= 15 is 0 Å². The van der Waals surface area contributed by atoms with E-state index in [-0.39, 0.29) is 5.91 Å². The van der Waals surface area contributed by atoms with E-state index in [9.17, 15) is 4.79 Å². The molecule has 0 atom stereocenters. The maximum atomic E-state index is 11.4. The fourth-order valence-electron chi connectivity index (χ4n) is 1.38. The first kappa shape index (κ1) is 15.4. The van der Waals surface area contributed by atoms with Gasteiger partial charge in [-0.05, 0) is 39.4 Å². The van der Waals surface area contributed by atoms with Crippen molar-refractivity contribution in [3.63, 3.8) is 0 Å². The van der Waals surface area contributed by atoms with Gasteiger partial charge in [0.05, 0.1) is 0 Å². The van der Waals surface area contributed by atoms with E-state index in [1.807, 2.05) is 7.05 Å². The molecule has 0 aliphatic carbocycles. The van der Waals surface area contributed by atoms with E-state index in [2.05, 4.69) is 29.8 Å². The molecule has 0 saturated heterocycles. The van der Waals surface area contributed by atoms with Crippen molar-refractivity contribution in [1.82, 2.24) is 16.0 Å². The summed E-state index contributed by atoms with van der Waals surface area (Å²) in [7, 11) is 1.93. The second-order valence-corrected chi connectivity index (χ2v) is 4.37. The van der Waals surface area contributed by atoms with Crippen molar-refractivity contribution in [2.24, 2.45) is 0 Å². The zero-order valence-corrected chi connectivity index (χ0v) is 10.9. The summed E-state index contributed by atoms with van der Waals surface area (Å²) in [4.78, 5) is 11.4. The van der Waals surface area contributed by atoms with Gasteiger partial charge < -0.3 is 16.0 Å². The normalized spacial score (nSPS) is 10.8. The molecule has 1 amide bonds. The maximum absolute atomic E-state index is 11.4. The van der Waals surface area contributed by atoms with Crippen molar-refractivity contribution in [3.05, 3.63) is 0 Å². The van der Waals surface area contributed by atoms with E-state index in [0.717, 1.165) is 38.9 Å². The largest absolute Gasteiger partial charge is 0.356 e. The van der Waals surface area contributed by atoms with Crippen LogP contribution in [0, 0.1) is 0 Å². The highest BCUT2D eigenvalue weighted by atomic mass is 16.1. The monoisotopic (exact) mass is 229 g/mol. The summed E-state index contributed by atoms with van der Waals surface area (Å²) in [6, 6.07) is 0.525. The highest BCUT2D eigenvalue weighted by molar-refractivity contribution is 5.75. The van der Waals surface area contributed by atoms with Crippen molar-refractivity contribution < 1.29 is 4.79 Å². The third-order valence-corrected chi connectivity index (χ3v) is 2.31. The van der Waals surface area contributed by atoms with Crippen LogP contribution in [-0.4, -0.2) is 38.6 Å². The van der Waals surface area contributed by atoms with Gasteiger partial charge in [0.15, 0.2) is 0 Å². The lowest BCUT2D eigenvalue weighted by atomic mass is 10.2. The van der Waals surface area contributed by atoms with Crippen molar-refractivity contribution >= 4 is 5.91 Å². The van der Waals surface area contributed by atoms with E-state index in [4.69, 9.17) is 0 Å². The maximum Gasteiger partial charge on any atom is 0.219 e. The van der Waals surface area contributed by atoms with Crippen LogP contribution >= 0.6 is 0 Å². The number of unbranched alkanes of at least 4 members (excludes halogenated alkanes) is 1. The highest BCUT2D eigenvalue weighted by Gasteiger charge is 1.99. The van der Waals surface area contributed by atoms with Crippen LogP contribution in [-0.2, 0) is 4.79 Å². The number of carbonyl (C=O) groups excluding carboxylic acids is 1. The van der Waals surface area contributed by atoms with Gasteiger partial charge in [0, 0.05) is 19.0 Å². The van der Waals surface area contributed by atoms with Gasteiger partial charge in [-0.25, -0.2) is 0 Å². The fraction of sp³-hybridized carbons (Fsp3) is 0.917. The van der Waals surface area contributed by atoms with Gasteiger partial charge in [-0.15, -0.1) is 0 Å². The summed E-state index contributed by atoms with van der Waals surface area (Å²) in [6.07, 6.45) is 3.69. The van der Waals surface area contributed by atoms with Gasteiger partial charge in [-0.2, -0.15) is 0 Å². The van der Waals surface area contributed by atoms with Crippen LogP contribution in [0.4, 0.5) is 0 Å². The van der Waals surface area contributed by atoms with Gasteiger partial charge in [0.1, 0.15) is 0 Å². The van der Waals surface area contributed by atoms with Gasteiger partial charge in [0.25, 0.3) is 0 Å². The summed E-state index contributed by atoms with van der Waals surface area (Å²) >= 11 is 0. The summed E-state index contributed by atoms with van der Waals surface area (Å²) in [5.74, 6) is 0.181. The number of hydrogen-bond donors (Lipinski definition) is 3. The van der Waals surface area contributed by atoms with Gasteiger partial charge in [0.2, 0.25) is 5.91 Å². The number of amides is 1. The lowest BCUT2D eigenvalue weighted by Crippen LogP contribution is -2.29. The zero-order valence-electron chi connectivity index (χ0n) is 10.9. The lowest BCUT2D eigenvalue weighted by molar-refractivity contribution is -0.121. The summed E-state index contributed by atoms with van der Waals surface area (Å²) < 4.78 is 0. The van der Waals surface area contributed by atoms with E-state index in [1.165, 1.54) is 0 Å². The molecule has 0 fully saturated rings. The molecule has 0 rings (SSSR count). The molecule has 0 spiro atoms. The first-order valence-electron chi connectivity index (χ1n) is 6.31. The van der Waals surface area contributed by atoms with Crippen LogP contribution in [0.5, 0.6) is 0 Å². The minimum absolute atomic E-state index is 0.181. The van der Waals surface area contributed by atoms with E-state index < -0.39 is 0 Å². The first-order chi connectivity index (χ1) is 7.66. The minimum Gasteiger partial charge on any atom is -0.356 e. The van der Waals surface area contributed by atoms with Gasteiger partial charge in [-0.3, -0.25) is 4.79 Å². The van der Waals surface area contributed by atoms with Crippen LogP contribution in [0.3, 0.4) is 0 Å². The van der Waals surface area contributed by atoms with E-state index in [0.29, 0.717) is 12.5 Å². The lowest BCUT2D eigenvalue weighted by Gasteiger charge is -2.08. The molecular formula is C12H27N3O. The Morgan fingerprint density at radius 1 is 1.06 bits per heavy atom. The van der Waals surface area contributed by atoms with Crippen molar-refractivity contribution in [3.8, 4) is 0 Å². The molecule has 0 bridgehead atoms. The molecule has 0 aromatic carbocycles. The second-order valence-electron chi connectivity index (χ2n) is 4.37. The Morgan fingerprint density at radius 3 is 2.44 bits per heavy atom. The predicted molar refractivity (Wildman–Crippen MR) is 68.5 cm³/mol. The molecule has 0 heterocycles. The molecule has 0 radical (unpaired) electrons. The molecule has 0 saturated carbocycles. The molecule has 0 aliphatic rings. The summed E-state index contributed by atoms with van der Waals surface area (Å²) in [5, 5.41) is 9.33. The molecule has 3 N–H and O–H groups in total. The topological polar surface area (TPSA) is 53.2 Å². The van der Waals surface area contributed by atoms with Crippen molar-refractivity contribution in [2.75, 3.05) is 26.7 Å². The Labute approximate surface area is 99.6 Å². The van der Waals surface area contributed by atoms with Crippen LogP contribution in [0.15, 0.2) is 0 Å². The zero-order chi connectivity index (χ0) is 12.2. The SMILES string of the molecule is CNCCCCC(=O)NCCCNC(C)C. The number of hydrogen-bond acceptors (Lipinski definition) is 3. The number of nitrogens with one attached hydrogen (secondary N) is 3. The summed E-state index contributed by atoms with van der Waals surface area (Å²) in [5.41, 5.74) is 0. The Balaban J connectivity index is 3.17. The smallest absolute Gasteiger partial charge is 0.219 e. The van der Waals surface area contributed by atoms with Crippen LogP contribution in [0.1, 0.15) is 39.5 Å². The van der Waals surface area contributed by atoms with Crippen molar-refractivity contribution in [1.29, 1.82) is 0 Å². The summed E-state index contributed by atoms with van der Waals surface area (Å²) in [6.45, 7) is 6.99. The fourth-order valence-corrected chi connectivity index (χ4v) is 1.38. The standard InChI is InChI=1S/C12H27N3O/c1-11(2)14-9-6-10-15-12(16)7-4-5-8-13-3/h11,13-14H,4-10H2,1-3H3,(H,15,16). The molecule has 4 heteroatoms. The first-order valence-corrected chi connectivity index (χ1v) is 6.31. The average Bonchev–Trinajstić information content (AvgIpc) is 2.23. The molecule has 4 nitrogen and oxygen atoms in total. The van der Waals surface area contributed by atoms with Crippen LogP contribution < -0.4 is 16.0 Å². The Kier molecular flexibility index (Phi) is 10.5. The molecular weight excluding hydrogens is 202 g/mol. The van der Waals surface area contributed by atoms with Crippen LogP contribution in [0.25, 0.3) is 0 Å². The Hall–Kier alpha value is -0.610. The molecule has 0 unspecified atom stereocenters. The Morgan fingerprint density at radius 2 is 1.81 bits per heavy atom. The van der Waals surface area contributed by atoms with Gasteiger partial charge >= 0.3 is 0 Å². The minimum atomic E-state index is 0.181. The van der Waals surface area contributed by atoms with Crippen molar-refractivity contribution in [2.45, 2.75) is 45.6 Å². The average molecular weight is 229 g/mol. The van der Waals surface area contributed by atoms with Gasteiger partial charge in [-0.1, -0.05) is 13.8 Å². The Bertz CT molecular complexity index is 172. The number of rotatable bonds is 10. The van der Waals surface area contributed by atoms with Crippen LogP contribution in [0.2, 0.25) is 0 Å². The molecule has 96 valence electrons. The molecule has 0 aromatic heterocycles. The second kappa shape index (κ2) is 10.9.